The lowest BCUT2D eigenvalue weighted by Gasteiger charge is -2.37. The number of benzene rings is 1. The van der Waals surface area contributed by atoms with E-state index in [0.29, 0.717) is 12.4 Å². The number of piperazine rings is 1. The predicted molar refractivity (Wildman–Crippen MR) is 121 cm³/mol. The van der Waals surface area contributed by atoms with Crippen molar-refractivity contribution in [1.82, 2.24) is 20.1 Å². The van der Waals surface area contributed by atoms with Crippen LogP contribution in [0.5, 0.6) is 0 Å². The molecule has 2 aromatic rings. The molecule has 152 valence electrons. The van der Waals surface area contributed by atoms with Gasteiger partial charge in [-0.2, -0.15) is 0 Å². The van der Waals surface area contributed by atoms with E-state index in [-0.39, 0.29) is 35.8 Å². The number of nitrogens with zero attached hydrogens (tertiary/aromatic N) is 4. The summed E-state index contributed by atoms with van der Waals surface area (Å²) in [5, 5.41) is 3.34. The molecule has 2 heterocycles. The second kappa shape index (κ2) is 10.4. The number of halogens is 1. The lowest BCUT2D eigenvalue weighted by Crippen LogP contribution is -2.54. The SMILES string of the molecule is CN=C(NCc1coc(-c2ccccc2)n1)N1CCN(C(=O)C(C)C)CC1.I. The van der Waals surface area contributed by atoms with Crippen molar-refractivity contribution in [2.45, 2.75) is 20.4 Å². The van der Waals surface area contributed by atoms with E-state index in [1.807, 2.05) is 49.1 Å². The maximum atomic E-state index is 12.1. The van der Waals surface area contributed by atoms with Crippen molar-refractivity contribution in [3.05, 3.63) is 42.3 Å². The van der Waals surface area contributed by atoms with E-state index < -0.39 is 0 Å². The van der Waals surface area contributed by atoms with Gasteiger partial charge in [0.1, 0.15) is 6.26 Å². The number of nitrogens with one attached hydrogen (secondary N) is 1. The van der Waals surface area contributed by atoms with Gasteiger partial charge in [0.05, 0.1) is 12.2 Å². The smallest absolute Gasteiger partial charge is 0.226 e. The molecule has 1 aromatic heterocycles. The van der Waals surface area contributed by atoms with Gasteiger partial charge < -0.3 is 19.5 Å². The Kier molecular flexibility index (Phi) is 8.28. The van der Waals surface area contributed by atoms with Gasteiger partial charge in [-0.05, 0) is 12.1 Å². The van der Waals surface area contributed by atoms with Crippen LogP contribution in [0.2, 0.25) is 0 Å². The normalized spacial score (nSPS) is 14.8. The van der Waals surface area contributed by atoms with E-state index in [1.165, 1.54) is 0 Å². The Balaban J connectivity index is 0.00000280. The number of carbonyl (C=O) groups is 1. The quantitative estimate of drug-likeness (QED) is 0.400. The van der Waals surface area contributed by atoms with Crippen LogP contribution in [0.1, 0.15) is 19.5 Å². The van der Waals surface area contributed by atoms with Crippen molar-refractivity contribution in [3.8, 4) is 11.5 Å². The average Bonchev–Trinajstić information content (AvgIpc) is 3.18. The molecule has 0 unspecified atom stereocenters. The fourth-order valence-electron chi connectivity index (χ4n) is 3.11. The Morgan fingerprint density at radius 1 is 1.18 bits per heavy atom. The van der Waals surface area contributed by atoms with Crippen LogP contribution in [0.15, 0.2) is 46.0 Å². The van der Waals surface area contributed by atoms with Crippen molar-refractivity contribution < 1.29 is 9.21 Å². The number of oxazole rings is 1. The van der Waals surface area contributed by atoms with Gasteiger partial charge in [-0.25, -0.2) is 4.98 Å². The molecule has 7 nitrogen and oxygen atoms in total. The van der Waals surface area contributed by atoms with Crippen molar-refractivity contribution in [1.29, 1.82) is 0 Å². The van der Waals surface area contributed by atoms with Crippen LogP contribution in [-0.4, -0.2) is 59.9 Å². The minimum Gasteiger partial charge on any atom is -0.444 e. The topological polar surface area (TPSA) is 74.0 Å². The Labute approximate surface area is 183 Å². The second-order valence-electron chi connectivity index (χ2n) is 6.88. The average molecular weight is 497 g/mol. The molecular formula is C20H28IN5O2. The van der Waals surface area contributed by atoms with Crippen LogP contribution in [0.4, 0.5) is 0 Å². The minimum absolute atomic E-state index is 0. The van der Waals surface area contributed by atoms with Crippen LogP contribution in [-0.2, 0) is 11.3 Å². The van der Waals surface area contributed by atoms with Crippen LogP contribution >= 0.6 is 24.0 Å². The van der Waals surface area contributed by atoms with Gasteiger partial charge in [-0.3, -0.25) is 9.79 Å². The number of rotatable bonds is 4. The van der Waals surface area contributed by atoms with Gasteiger partial charge in [0.15, 0.2) is 5.96 Å². The summed E-state index contributed by atoms with van der Waals surface area (Å²) in [4.78, 5) is 25.1. The number of hydrogen-bond donors (Lipinski definition) is 1. The van der Waals surface area contributed by atoms with Crippen molar-refractivity contribution in [2.75, 3.05) is 33.2 Å². The lowest BCUT2D eigenvalue weighted by atomic mass is 10.1. The van der Waals surface area contributed by atoms with Gasteiger partial charge in [-0.1, -0.05) is 32.0 Å². The van der Waals surface area contributed by atoms with Gasteiger partial charge in [-0.15, -0.1) is 24.0 Å². The summed E-state index contributed by atoms with van der Waals surface area (Å²) in [6.45, 7) is 7.40. The molecule has 1 amide bonds. The van der Waals surface area contributed by atoms with E-state index in [9.17, 15) is 4.79 Å². The highest BCUT2D eigenvalue weighted by Crippen LogP contribution is 2.17. The highest BCUT2D eigenvalue weighted by Gasteiger charge is 2.24. The third-order valence-corrected chi connectivity index (χ3v) is 4.60. The molecule has 0 bridgehead atoms. The summed E-state index contributed by atoms with van der Waals surface area (Å²) >= 11 is 0. The third-order valence-electron chi connectivity index (χ3n) is 4.60. The highest BCUT2D eigenvalue weighted by atomic mass is 127. The summed E-state index contributed by atoms with van der Waals surface area (Å²) in [6, 6.07) is 9.83. The van der Waals surface area contributed by atoms with Crippen LogP contribution < -0.4 is 5.32 Å². The van der Waals surface area contributed by atoms with Crippen LogP contribution in [0, 0.1) is 5.92 Å². The molecule has 28 heavy (non-hydrogen) atoms. The number of guanidine groups is 1. The first kappa shape index (κ1) is 22.2. The maximum absolute atomic E-state index is 12.1. The Bertz CT molecular complexity index is 783. The van der Waals surface area contributed by atoms with Crippen LogP contribution in [0.3, 0.4) is 0 Å². The molecule has 0 spiro atoms. The summed E-state index contributed by atoms with van der Waals surface area (Å²) in [5.74, 6) is 1.69. The molecule has 1 aliphatic rings. The van der Waals surface area contributed by atoms with E-state index in [1.54, 1.807) is 13.3 Å². The first-order valence-corrected chi connectivity index (χ1v) is 9.32. The number of aliphatic imine (C=N–C) groups is 1. The molecule has 1 aliphatic heterocycles. The Morgan fingerprint density at radius 2 is 1.82 bits per heavy atom. The number of hydrogen-bond acceptors (Lipinski definition) is 4. The fraction of sp³-hybridized carbons (Fsp3) is 0.450. The minimum atomic E-state index is 0. The zero-order valence-corrected chi connectivity index (χ0v) is 18.9. The van der Waals surface area contributed by atoms with Gasteiger partial charge >= 0.3 is 0 Å². The first-order valence-electron chi connectivity index (χ1n) is 9.32. The van der Waals surface area contributed by atoms with E-state index in [0.717, 1.165) is 43.4 Å². The molecule has 0 atom stereocenters. The first-order chi connectivity index (χ1) is 13.1. The predicted octanol–water partition coefficient (Wildman–Crippen LogP) is 2.84. The zero-order chi connectivity index (χ0) is 19.2. The lowest BCUT2D eigenvalue weighted by molar-refractivity contribution is -0.135. The molecular weight excluding hydrogens is 469 g/mol. The zero-order valence-electron chi connectivity index (χ0n) is 16.6. The summed E-state index contributed by atoms with van der Waals surface area (Å²) in [6.07, 6.45) is 1.67. The molecule has 1 fully saturated rings. The highest BCUT2D eigenvalue weighted by molar-refractivity contribution is 14.0. The molecule has 0 aliphatic carbocycles. The van der Waals surface area contributed by atoms with E-state index >= 15 is 0 Å². The van der Waals surface area contributed by atoms with Gasteiger partial charge in [0, 0.05) is 44.7 Å². The van der Waals surface area contributed by atoms with Crippen molar-refractivity contribution >= 4 is 35.8 Å². The molecule has 1 aromatic carbocycles. The summed E-state index contributed by atoms with van der Waals surface area (Å²) in [7, 11) is 1.77. The van der Waals surface area contributed by atoms with Crippen LogP contribution in [0.25, 0.3) is 11.5 Å². The van der Waals surface area contributed by atoms with Crippen molar-refractivity contribution in [2.24, 2.45) is 10.9 Å². The van der Waals surface area contributed by atoms with Gasteiger partial charge in [0.25, 0.3) is 0 Å². The van der Waals surface area contributed by atoms with E-state index in [4.69, 9.17) is 4.42 Å². The second-order valence-corrected chi connectivity index (χ2v) is 6.88. The van der Waals surface area contributed by atoms with Crippen molar-refractivity contribution in [3.63, 3.8) is 0 Å². The standard InChI is InChI=1S/C20H27N5O2.HI/c1-15(2)19(26)24-9-11-25(12-10-24)20(21-3)22-13-17-14-27-18(23-17)16-7-5-4-6-8-16;/h4-8,14-15H,9-13H2,1-3H3,(H,21,22);1H. The number of aromatic nitrogens is 1. The maximum Gasteiger partial charge on any atom is 0.226 e. The molecule has 0 radical (unpaired) electrons. The number of amides is 1. The summed E-state index contributed by atoms with van der Waals surface area (Å²) < 4.78 is 5.58. The third kappa shape index (κ3) is 5.46. The van der Waals surface area contributed by atoms with E-state index in [2.05, 4.69) is 20.2 Å². The largest absolute Gasteiger partial charge is 0.444 e. The molecule has 8 heteroatoms. The molecule has 0 saturated carbocycles. The monoisotopic (exact) mass is 497 g/mol. The van der Waals surface area contributed by atoms with Gasteiger partial charge in [0.2, 0.25) is 11.8 Å². The fourth-order valence-corrected chi connectivity index (χ4v) is 3.11. The molecule has 3 rings (SSSR count). The Hall–Kier alpha value is -2.10. The molecule has 1 saturated heterocycles. The molecule has 1 N–H and O–H groups in total. The number of carbonyl (C=O) groups excluding carboxylic acids is 1. The Morgan fingerprint density at radius 3 is 2.43 bits per heavy atom. The summed E-state index contributed by atoms with van der Waals surface area (Å²) in [5.41, 5.74) is 1.78.